The lowest BCUT2D eigenvalue weighted by Crippen LogP contribution is -2.34. The Morgan fingerprint density at radius 2 is 1.82 bits per heavy atom. The fourth-order valence-electron chi connectivity index (χ4n) is 1.48. The predicted octanol–water partition coefficient (Wildman–Crippen LogP) is 3.60. The zero-order valence-corrected chi connectivity index (χ0v) is 10.8. The number of ether oxygens (including phenoxy) is 1. The van der Waals surface area contributed by atoms with Crippen LogP contribution in [-0.2, 0) is 0 Å². The first-order valence-corrected chi connectivity index (χ1v) is 6.11. The number of para-hydroxylation sites is 1. The monoisotopic (exact) mass is 235 g/mol. The first kappa shape index (κ1) is 13.6. The van der Waals surface area contributed by atoms with Crippen LogP contribution in [-0.4, -0.2) is 12.1 Å². The second kappa shape index (κ2) is 6.94. The van der Waals surface area contributed by atoms with Gasteiger partial charge in [-0.05, 0) is 37.8 Å². The van der Waals surface area contributed by atoms with Crippen molar-refractivity contribution >= 4 is 6.09 Å². The molecule has 1 rings (SSSR count). The topological polar surface area (TPSA) is 38.3 Å². The molecular formula is C14H21NO2. The zero-order chi connectivity index (χ0) is 12.7. The van der Waals surface area contributed by atoms with Gasteiger partial charge in [0.25, 0.3) is 0 Å². The average molecular weight is 235 g/mol. The number of amides is 1. The smallest absolute Gasteiger partial charge is 0.410 e. The highest BCUT2D eigenvalue weighted by atomic mass is 16.6. The first-order chi connectivity index (χ1) is 8.08. The third-order valence-electron chi connectivity index (χ3n) is 2.50. The van der Waals surface area contributed by atoms with Gasteiger partial charge in [0, 0.05) is 6.04 Å². The van der Waals surface area contributed by atoms with E-state index < -0.39 is 0 Å². The number of hydrogen-bond acceptors (Lipinski definition) is 2. The molecule has 1 aromatic rings. The van der Waals surface area contributed by atoms with E-state index in [1.54, 1.807) is 12.1 Å². The van der Waals surface area contributed by atoms with Crippen molar-refractivity contribution in [2.24, 2.45) is 5.92 Å². The molecule has 1 N–H and O–H groups in total. The molecule has 0 saturated heterocycles. The van der Waals surface area contributed by atoms with Crippen molar-refractivity contribution in [3.05, 3.63) is 30.3 Å². The molecule has 1 amide bonds. The number of rotatable bonds is 5. The second-order valence-electron chi connectivity index (χ2n) is 4.72. The standard InChI is InChI=1S/C14H21NO2/c1-11(2)9-10-12(3)15-14(16)17-13-7-5-4-6-8-13/h4-8,11-12H,9-10H2,1-3H3,(H,15,16). The lowest BCUT2D eigenvalue weighted by Gasteiger charge is -2.14. The minimum atomic E-state index is -0.382. The minimum Gasteiger partial charge on any atom is -0.410 e. The van der Waals surface area contributed by atoms with Crippen LogP contribution in [0.25, 0.3) is 0 Å². The lowest BCUT2D eigenvalue weighted by molar-refractivity contribution is 0.195. The molecule has 3 nitrogen and oxygen atoms in total. The van der Waals surface area contributed by atoms with E-state index in [4.69, 9.17) is 4.74 Å². The van der Waals surface area contributed by atoms with Gasteiger partial charge in [0.15, 0.2) is 0 Å². The summed E-state index contributed by atoms with van der Waals surface area (Å²) in [7, 11) is 0. The van der Waals surface area contributed by atoms with Crippen LogP contribution in [0.3, 0.4) is 0 Å². The molecule has 0 aromatic heterocycles. The van der Waals surface area contributed by atoms with Crippen LogP contribution in [0.4, 0.5) is 4.79 Å². The van der Waals surface area contributed by atoms with E-state index >= 15 is 0 Å². The molecule has 3 heteroatoms. The largest absolute Gasteiger partial charge is 0.412 e. The number of hydrogen-bond donors (Lipinski definition) is 1. The van der Waals surface area contributed by atoms with Gasteiger partial charge in [-0.25, -0.2) is 4.79 Å². The summed E-state index contributed by atoms with van der Waals surface area (Å²) in [4.78, 5) is 11.5. The predicted molar refractivity (Wildman–Crippen MR) is 69.1 cm³/mol. The molecule has 0 aliphatic heterocycles. The van der Waals surface area contributed by atoms with Crippen LogP contribution >= 0.6 is 0 Å². The van der Waals surface area contributed by atoms with Gasteiger partial charge < -0.3 is 10.1 Å². The summed E-state index contributed by atoms with van der Waals surface area (Å²) in [5.41, 5.74) is 0. The summed E-state index contributed by atoms with van der Waals surface area (Å²) >= 11 is 0. The summed E-state index contributed by atoms with van der Waals surface area (Å²) in [6.07, 6.45) is 1.70. The Hall–Kier alpha value is -1.51. The van der Waals surface area contributed by atoms with Gasteiger partial charge >= 0.3 is 6.09 Å². The molecule has 94 valence electrons. The highest BCUT2D eigenvalue weighted by Crippen LogP contribution is 2.09. The van der Waals surface area contributed by atoms with Crippen LogP contribution in [0.5, 0.6) is 5.75 Å². The Bertz CT molecular complexity index is 335. The molecule has 0 bridgehead atoms. The SMILES string of the molecule is CC(C)CCC(C)NC(=O)Oc1ccccc1. The molecule has 17 heavy (non-hydrogen) atoms. The van der Waals surface area contributed by atoms with Gasteiger partial charge in [-0.15, -0.1) is 0 Å². The highest BCUT2D eigenvalue weighted by molar-refractivity contribution is 5.70. The number of benzene rings is 1. The van der Waals surface area contributed by atoms with Crippen molar-refractivity contribution in [1.29, 1.82) is 0 Å². The zero-order valence-electron chi connectivity index (χ0n) is 10.8. The van der Waals surface area contributed by atoms with Crippen LogP contribution in [0.1, 0.15) is 33.6 Å². The molecule has 0 saturated carbocycles. The van der Waals surface area contributed by atoms with Crippen molar-refractivity contribution in [1.82, 2.24) is 5.32 Å². The van der Waals surface area contributed by atoms with E-state index in [0.717, 1.165) is 12.8 Å². The molecular weight excluding hydrogens is 214 g/mol. The van der Waals surface area contributed by atoms with Crippen molar-refractivity contribution < 1.29 is 9.53 Å². The molecule has 0 fully saturated rings. The van der Waals surface area contributed by atoms with E-state index in [9.17, 15) is 4.79 Å². The summed E-state index contributed by atoms with van der Waals surface area (Å²) in [5.74, 6) is 1.23. The van der Waals surface area contributed by atoms with Gasteiger partial charge in [-0.3, -0.25) is 0 Å². The number of nitrogens with one attached hydrogen (secondary N) is 1. The van der Waals surface area contributed by atoms with E-state index in [0.29, 0.717) is 11.7 Å². The summed E-state index contributed by atoms with van der Waals surface area (Å²) in [6.45, 7) is 6.35. The second-order valence-corrected chi connectivity index (χ2v) is 4.72. The summed E-state index contributed by atoms with van der Waals surface area (Å²) in [6, 6.07) is 9.23. The fourth-order valence-corrected chi connectivity index (χ4v) is 1.48. The van der Waals surface area contributed by atoms with Crippen LogP contribution < -0.4 is 10.1 Å². The Morgan fingerprint density at radius 1 is 1.18 bits per heavy atom. The molecule has 0 spiro atoms. The number of carbonyl (C=O) groups is 1. The summed E-state index contributed by atoms with van der Waals surface area (Å²) in [5, 5.41) is 2.82. The molecule has 1 atom stereocenters. The maximum absolute atomic E-state index is 11.5. The van der Waals surface area contributed by atoms with Gasteiger partial charge in [0.1, 0.15) is 5.75 Å². The van der Waals surface area contributed by atoms with Crippen molar-refractivity contribution in [2.75, 3.05) is 0 Å². The lowest BCUT2D eigenvalue weighted by atomic mass is 10.0. The van der Waals surface area contributed by atoms with Gasteiger partial charge in [0.2, 0.25) is 0 Å². The quantitative estimate of drug-likeness (QED) is 0.846. The minimum absolute atomic E-state index is 0.147. The van der Waals surface area contributed by atoms with Crippen molar-refractivity contribution in [3.8, 4) is 5.75 Å². The van der Waals surface area contributed by atoms with E-state index in [1.165, 1.54) is 0 Å². The Morgan fingerprint density at radius 3 is 2.41 bits per heavy atom. The van der Waals surface area contributed by atoms with Crippen LogP contribution in [0.2, 0.25) is 0 Å². The molecule has 1 unspecified atom stereocenters. The normalized spacial score (nSPS) is 12.2. The van der Waals surface area contributed by atoms with Gasteiger partial charge in [-0.2, -0.15) is 0 Å². The molecule has 0 radical (unpaired) electrons. The molecule has 0 aliphatic carbocycles. The summed E-state index contributed by atoms with van der Waals surface area (Å²) < 4.78 is 5.14. The van der Waals surface area contributed by atoms with E-state index in [-0.39, 0.29) is 12.1 Å². The van der Waals surface area contributed by atoms with Crippen molar-refractivity contribution in [2.45, 2.75) is 39.7 Å². The highest BCUT2D eigenvalue weighted by Gasteiger charge is 2.09. The first-order valence-electron chi connectivity index (χ1n) is 6.11. The Balaban J connectivity index is 2.29. The maximum Gasteiger partial charge on any atom is 0.412 e. The maximum atomic E-state index is 11.5. The van der Waals surface area contributed by atoms with E-state index in [2.05, 4.69) is 19.2 Å². The third kappa shape index (κ3) is 5.95. The van der Waals surface area contributed by atoms with Crippen LogP contribution in [0.15, 0.2) is 30.3 Å². The molecule has 0 heterocycles. The Kier molecular flexibility index (Phi) is 5.53. The molecule has 1 aromatic carbocycles. The average Bonchev–Trinajstić information content (AvgIpc) is 2.27. The van der Waals surface area contributed by atoms with Gasteiger partial charge in [-0.1, -0.05) is 32.0 Å². The van der Waals surface area contributed by atoms with Crippen molar-refractivity contribution in [3.63, 3.8) is 0 Å². The van der Waals surface area contributed by atoms with E-state index in [1.807, 2.05) is 25.1 Å². The molecule has 0 aliphatic rings. The van der Waals surface area contributed by atoms with Gasteiger partial charge in [0.05, 0.1) is 0 Å². The Labute approximate surface area is 103 Å². The third-order valence-corrected chi connectivity index (χ3v) is 2.50. The fraction of sp³-hybridized carbons (Fsp3) is 0.500. The van der Waals surface area contributed by atoms with Crippen LogP contribution in [0, 0.1) is 5.92 Å². The number of carbonyl (C=O) groups excluding carboxylic acids is 1.